The molecule has 1 atom stereocenters. The summed E-state index contributed by atoms with van der Waals surface area (Å²) in [6, 6.07) is 3.49. The van der Waals surface area contributed by atoms with Crippen molar-refractivity contribution in [1.29, 1.82) is 0 Å². The molecule has 0 aliphatic rings. The van der Waals surface area contributed by atoms with Gasteiger partial charge in [0.25, 0.3) is 0 Å². The lowest BCUT2D eigenvalue weighted by Gasteiger charge is -2.14. The Morgan fingerprint density at radius 3 is 2.75 bits per heavy atom. The van der Waals surface area contributed by atoms with Crippen LogP contribution >= 0.6 is 11.6 Å². The number of hydrogen-bond donors (Lipinski definition) is 3. The second-order valence-corrected chi connectivity index (χ2v) is 4.07. The van der Waals surface area contributed by atoms with Crippen LogP contribution in [0, 0.1) is 0 Å². The molecule has 1 aromatic rings. The minimum absolute atomic E-state index is 0.0413. The van der Waals surface area contributed by atoms with Crippen molar-refractivity contribution >= 4 is 17.3 Å². The number of aliphatic hydroxyl groups excluding tert-OH is 1. The van der Waals surface area contributed by atoms with Gasteiger partial charge >= 0.3 is 0 Å². The number of hydrogen-bond acceptors (Lipinski definition) is 4. The predicted octanol–water partition coefficient (Wildman–Crippen LogP) is 1.60. The smallest absolute Gasteiger partial charge is 0.126 e. The summed E-state index contributed by atoms with van der Waals surface area (Å²) in [6.07, 6.45) is 0. The Bertz CT molecular complexity index is 356. The van der Waals surface area contributed by atoms with Crippen molar-refractivity contribution in [1.82, 2.24) is 0 Å². The summed E-state index contributed by atoms with van der Waals surface area (Å²) in [5.74, 6) is 0.610. The lowest BCUT2D eigenvalue weighted by atomic mass is 10.2. The van der Waals surface area contributed by atoms with E-state index in [0.29, 0.717) is 22.9 Å². The molecule has 0 spiro atoms. The number of anilines is 1. The molecule has 1 aromatic carbocycles. The standard InChI is InChI=1S/C11H17ClN2O2/c1-7(13)5-14-10-4-11(16-2)8(6-15)3-9(10)12/h3-4,7,14-15H,5-6,13H2,1-2H3. The van der Waals surface area contributed by atoms with Gasteiger partial charge in [0.2, 0.25) is 0 Å². The average molecular weight is 245 g/mol. The van der Waals surface area contributed by atoms with Crippen LogP contribution in [0.3, 0.4) is 0 Å². The van der Waals surface area contributed by atoms with Crippen LogP contribution in [0.15, 0.2) is 12.1 Å². The van der Waals surface area contributed by atoms with Crippen molar-refractivity contribution in [3.05, 3.63) is 22.7 Å². The van der Waals surface area contributed by atoms with E-state index < -0.39 is 0 Å². The third-order valence-electron chi connectivity index (χ3n) is 2.15. The Morgan fingerprint density at radius 2 is 2.25 bits per heavy atom. The van der Waals surface area contributed by atoms with Crippen molar-refractivity contribution < 1.29 is 9.84 Å². The molecule has 4 N–H and O–H groups in total. The largest absolute Gasteiger partial charge is 0.496 e. The second-order valence-electron chi connectivity index (χ2n) is 3.66. The highest BCUT2D eigenvalue weighted by Crippen LogP contribution is 2.30. The molecule has 0 amide bonds. The van der Waals surface area contributed by atoms with E-state index >= 15 is 0 Å². The zero-order valence-corrected chi connectivity index (χ0v) is 10.2. The quantitative estimate of drug-likeness (QED) is 0.736. The van der Waals surface area contributed by atoms with Gasteiger partial charge in [-0.15, -0.1) is 0 Å². The first-order valence-electron chi connectivity index (χ1n) is 5.05. The molecule has 16 heavy (non-hydrogen) atoms. The number of aliphatic hydroxyl groups is 1. The van der Waals surface area contributed by atoms with E-state index in [-0.39, 0.29) is 12.6 Å². The molecule has 0 saturated heterocycles. The number of nitrogens with one attached hydrogen (secondary N) is 1. The topological polar surface area (TPSA) is 67.5 Å². The summed E-state index contributed by atoms with van der Waals surface area (Å²) in [7, 11) is 1.55. The highest BCUT2D eigenvalue weighted by Gasteiger charge is 2.08. The lowest BCUT2D eigenvalue weighted by Crippen LogP contribution is -2.25. The van der Waals surface area contributed by atoms with Gasteiger partial charge in [-0.2, -0.15) is 0 Å². The maximum absolute atomic E-state index is 9.10. The summed E-state index contributed by atoms with van der Waals surface area (Å²) in [5.41, 5.74) is 7.06. The lowest BCUT2D eigenvalue weighted by molar-refractivity contribution is 0.274. The fraction of sp³-hybridized carbons (Fsp3) is 0.455. The molecule has 1 unspecified atom stereocenters. The van der Waals surface area contributed by atoms with Crippen LogP contribution in [0.25, 0.3) is 0 Å². The van der Waals surface area contributed by atoms with E-state index in [1.807, 2.05) is 6.92 Å². The molecule has 0 saturated carbocycles. The second kappa shape index (κ2) is 5.94. The Kier molecular flexibility index (Phi) is 4.86. The van der Waals surface area contributed by atoms with Crippen LogP contribution in [-0.2, 0) is 6.61 Å². The maximum atomic E-state index is 9.10. The van der Waals surface area contributed by atoms with Gasteiger partial charge in [0, 0.05) is 24.2 Å². The predicted molar refractivity (Wildman–Crippen MR) is 66.1 cm³/mol. The molecule has 0 bridgehead atoms. The molecule has 0 radical (unpaired) electrons. The third kappa shape index (κ3) is 3.27. The number of halogens is 1. The van der Waals surface area contributed by atoms with Crippen molar-refractivity contribution in [2.24, 2.45) is 5.73 Å². The van der Waals surface area contributed by atoms with Crippen molar-refractivity contribution in [2.45, 2.75) is 19.6 Å². The normalized spacial score (nSPS) is 12.3. The molecule has 0 heterocycles. The fourth-order valence-electron chi connectivity index (χ4n) is 1.31. The zero-order valence-electron chi connectivity index (χ0n) is 9.46. The van der Waals surface area contributed by atoms with E-state index in [4.69, 9.17) is 27.2 Å². The molecular formula is C11H17ClN2O2. The first-order chi connectivity index (χ1) is 7.58. The van der Waals surface area contributed by atoms with Crippen LogP contribution < -0.4 is 15.8 Å². The van der Waals surface area contributed by atoms with Gasteiger partial charge in [0.1, 0.15) is 5.75 Å². The monoisotopic (exact) mass is 244 g/mol. The van der Waals surface area contributed by atoms with Crippen LogP contribution in [0.1, 0.15) is 12.5 Å². The van der Waals surface area contributed by atoms with E-state index in [1.54, 1.807) is 19.2 Å². The molecule has 0 aromatic heterocycles. The van der Waals surface area contributed by atoms with Crippen LogP contribution in [0.2, 0.25) is 5.02 Å². The summed E-state index contributed by atoms with van der Waals surface area (Å²) < 4.78 is 5.15. The number of methoxy groups -OCH3 is 1. The van der Waals surface area contributed by atoms with Gasteiger partial charge in [-0.3, -0.25) is 0 Å². The summed E-state index contributed by atoms with van der Waals surface area (Å²) >= 11 is 6.05. The Balaban J connectivity index is 2.92. The minimum atomic E-state index is -0.101. The number of nitrogens with two attached hydrogens (primary N) is 1. The van der Waals surface area contributed by atoms with Crippen molar-refractivity contribution in [2.75, 3.05) is 19.0 Å². The van der Waals surface area contributed by atoms with Gasteiger partial charge in [0.05, 0.1) is 24.4 Å². The molecule has 4 nitrogen and oxygen atoms in total. The van der Waals surface area contributed by atoms with E-state index in [0.717, 1.165) is 5.69 Å². The first-order valence-corrected chi connectivity index (χ1v) is 5.43. The van der Waals surface area contributed by atoms with E-state index in [2.05, 4.69) is 5.32 Å². The molecule has 0 aliphatic heterocycles. The number of rotatable bonds is 5. The summed E-state index contributed by atoms with van der Waals surface area (Å²) in [5, 5.41) is 12.8. The van der Waals surface area contributed by atoms with E-state index in [1.165, 1.54) is 0 Å². The molecule has 1 rings (SSSR count). The molecule has 0 fully saturated rings. The maximum Gasteiger partial charge on any atom is 0.126 e. The van der Waals surface area contributed by atoms with Gasteiger partial charge < -0.3 is 20.9 Å². The molecule has 90 valence electrons. The van der Waals surface area contributed by atoms with Crippen LogP contribution in [0.5, 0.6) is 5.75 Å². The summed E-state index contributed by atoms with van der Waals surface area (Å²) in [4.78, 5) is 0. The van der Waals surface area contributed by atoms with Gasteiger partial charge in [-0.05, 0) is 13.0 Å². The van der Waals surface area contributed by atoms with Crippen LogP contribution in [-0.4, -0.2) is 24.8 Å². The fourth-order valence-corrected chi connectivity index (χ4v) is 1.57. The number of benzene rings is 1. The first kappa shape index (κ1) is 13.1. The Hall–Kier alpha value is -0.970. The Labute approximate surface area is 100 Å². The highest BCUT2D eigenvalue weighted by atomic mass is 35.5. The third-order valence-corrected chi connectivity index (χ3v) is 2.47. The molecular weight excluding hydrogens is 228 g/mol. The minimum Gasteiger partial charge on any atom is -0.496 e. The average Bonchev–Trinajstić information content (AvgIpc) is 2.26. The highest BCUT2D eigenvalue weighted by molar-refractivity contribution is 6.33. The Morgan fingerprint density at radius 1 is 1.56 bits per heavy atom. The van der Waals surface area contributed by atoms with E-state index in [9.17, 15) is 0 Å². The van der Waals surface area contributed by atoms with Gasteiger partial charge in [0.15, 0.2) is 0 Å². The van der Waals surface area contributed by atoms with Crippen molar-refractivity contribution in [3.8, 4) is 5.75 Å². The zero-order chi connectivity index (χ0) is 12.1. The number of ether oxygens (including phenoxy) is 1. The molecule has 0 aliphatic carbocycles. The molecule has 5 heteroatoms. The SMILES string of the molecule is COc1cc(NCC(C)N)c(Cl)cc1CO. The van der Waals surface area contributed by atoms with Crippen LogP contribution in [0.4, 0.5) is 5.69 Å². The summed E-state index contributed by atoms with van der Waals surface area (Å²) in [6.45, 7) is 2.43. The van der Waals surface area contributed by atoms with Crippen molar-refractivity contribution in [3.63, 3.8) is 0 Å². The van der Waals surface area contributed by atoms with Gasteiger partial charge in [-0.25, -0.2) is 0 Å². The van der Waals surface area contributed by atoms with Gasteiger partial charge in [-0.1, -0.05) is 11.6 Å².